The number of halogens is 1. The van der Waals surface area contributed by atoms with Crippen LogP contribution in [-0.2, 0) is 0 Å². The van der Waals surface area contributed by atoms with Crippen LogP contribution in [0.1, 0.15) is 0 Å². The van der Waals surface area contributed by atoms with Crippen molar-refractivity contribution in [3.8, 4) is 39.1 Å². The third-order valence-electron chi connectivity index (χ3n) is 7.30. The number of fused-ring (bicyclic) bond motifs is 3. The van der Waals surface area contributed by atoms with Crippen LogP contribution >= 0.6 is 15.9 Å². The summed E-state index contributed by atoms with van der Waals surface area (Å²) >= 11 is 3.52. The Morgan fingerprint density at radius 3 is 1.53 bits per heavy atom. The summed E-state index contributed by atoms with van der Waals surface area (Å²) in [5, 5.41) is 2.53. The van der Waals surface area contributed by atoms with Crippen molar-refractivity contribution in [3.63, 3.8) is 0 Å². The molecule has 6 aromatic carbocycles. The molecule has 0 atom stereocenters. The molecule has 38 heavy (non-hydrogen) atoms. The summed E-state index contributed by atoms with van der Waals surface area (Å²) in [5.41, 5.74) is 10.9. The monoisotopic (exact) mass is 549 g/mol. The van der Waals surface area contributed by atoms with Crippen molar-refractivity contribution in [2.45, 2.75) is 0 Å². The average molecular weight is 550 g/mol. The van der Waals surface area contributed by atoms with E-state index in [9.17, 15) is 0 Å². The van der Waals surface area contributed by atoms with Gasteiger partial charge in [0.05, 0.1) is 11.0 Å². The molecule has 0 spiro atoms. The maximum Gasteiger partial charge on any atom is 0.0541 e. The van der Waals surface area contributed by atoms with Crippen molar-refractivity contribution in [1.82, 2.24) is 4.57 Å². The lowest BCUT2D eigenvalue weighted by atomic mass is 9.99. The van der Waals surface area contributed by atoms with E-state index < -0.39 is 0 Å². The maximum atomic E-state index is 3.52. The lowest BCUT2D eigenvalue weighted by Crippen LogP contribution is -1.93. The Balaban J connectivity index is 1.30. The lowest BCUT2D eigenvalue weighted by Gasteiger charge is -2.10. The maximum absolute atomic E-state index is 3.52. The largest absolute Gasteiger partial charge is 0.309 e. The lowest BCUT2D eigenvalue weighted by molar-refractivity contribution is 1.18. The number of para-hydroxylation sites is 1. The van der Waals surface area contributed by atoms with Crippen molar-refractivity contribution >= 4 is 37.7 Å². The van der Waals surface area contributed by atoms with Crippen LogP contribution in [0.4, 0.5) is 0 Å². The first-order valence-electron chi connectivity index (χ1n) is 12.8. The molecule has 7 aromatic rings. The molecule has 1 aromatic heterocycles. The minimum absolute atomic E-state index is 1.09. The molecule has 1 nitrogen and oxygen atoms in total. The Bertz CT molecular complexity index is 1880. The number of benzene rings is 6. The molecule has 1 heterocycles. The van der Waals surface area contributed by atoms with E-state index in [0.29, 0.717) is 0 Å². The van der Waals surface area contributed by atoms with Gasteiger partial charge >= 0.3 is 0 Å². The fraction of sp³-hybridized carbons (Fsp3) is 0. The summed E-state index contributed by atoms with van der Waals surface area (Å²) in [6, 6.07) is 52.3. The smallest absolute Gasteiger partial charge is 0.0541 e. The summed E-state index contributed by atoms with van der Waals surface area (Å²) < 4.78 is 3.47. The number of hydrogen-bond donors (Lipinski definition) is 0. The molecule has 7 rings (SSSR count). The molecule has 0 amide bonds. The molecule has 0 bridgehead atoms. The van der Waals surface area contributed by atoms with E-state index >= 15 is 0 Å². The summed E-state index contributed by atoms with van der Waals surface area (Å²) in [6.07, 6.45) is 0. The molecular formula is C36H24BrN. The Kier molecular flexibility index (Phi) is 5.68. The third kappa shape index (κ3) is 4.04. The van der Waals surface area contributed by atoms with Gasteiger partial charge in [0.25, 0.3) is 0 Å². The molecule has 0 saturated carbocycles. The Hall–Kier alpha value is -4.40. The van der Waals surface area contributed by atoms with Crippen LogP contribution in [0, 0.1) is 0 Å². The van der Waals surface area contributed by atoms with E-state index in [4.69, 9.17) is 0 Å². The standard InChI is InChI=1S/C36H24BrN/c37-31-19-14-27(15-20-31)26-10-12-29(13-11-26)30-18-23-36-34(24-30)33-8-4-5-9-35(33)38(36)32-21-16-28(17-22-32)25-6-2-1-3-7-25/h1-24H. The number of aromatic nitrogens is 1. The van der Waals surface area contributed by atoms with E-state index in [-0.39, 0.29) is 0 Å². The summed E-state index contributed by atoms with van der Waals surface area (Å²) in [6.45, 7) is 0. The highest BCUT2D eigenvalue weighted by atomic mass is 79.9. The zero-order valence-corrected chi connectivity index (χ0v) is 22.3. The van der Waals surface area contributed by atoms with Gasteiger partial charge in [-0.3, -0.25) is 0 Å². The van der Waals surface area contributed by atoms with Gasteiger partial charge in [-0.1, -0.05) is 119 Å². The van der Waals surface area contributed by atoms with Crippen LogP contribution in [-0.4, -0.2) is 4.57 Å². The second-order valence-electron chi connectivity index (χ2n) is 9.58. The normalized spacial score (nSPS) is 11.3. The molecule has 2 heteroatoms. The molecule has 0 aliphatic heterocycles. The molecule has 0 aliphatic carbocycles. The minimum Gasteiger partial charge on any atom is -0.309 e. The van der Waals surface area contributed by atoms with Gasteiger partial charge in [-0.05, 0) is 75.8 Å². The van der Waals surface area contributed by atoms with Crippen LogP contribution in [0.25, 0.3) is 60.9 Å². The van der Waals surface area contributed by atoms with E-state index in [0.717, 1.165) is 4.47 Å². The van der Waals surface area contributed by atoms with Gasteiger partial charge in [-0.15, -0.1) is 0 Å². The summed E-state index contributed by atoms with van der Waals surface area (Å²) in [4.78, 5) is 0. The molecule has 0 saturated heterocycles. The fourth-order valence-electron chi connectivity index (χ4n) is 5.36. The van der Waals surface area contributed by atoms with Gasteiger partial charge < -0.3 is 4.57 Å². The highest BCUT2D eigenvalue weighted by Crippen LogP contribution is 2.36. The average Bonchev–Trinajstić information content (AvgIpc) is 3.32. The molecule has 180 valence electrons. The Morgan fingerprint density at radius 2 is 0.842 bits per heavy atom. The first kappa shape index (κ1) is 22.8. The van der Waals surface area contributed by atoms with E-state index in [1.54, 1.807) is 0 Å². The van der Waals surface area contributed by atoms with Gasteiger partial charge in [0.15, 0.2) is 0 Å². The summed E-state index contributed by atoms with van der Waals surface area (Å²) in [7, 11) is 0. The second kappa shape index (κ2) is 9.48. The highest BCUT2D eigenvalue weighted by Gasteiger charge is 2.13. The highest BCUT2D eigenvalue weighted by molar-refractivity contribution is 9.10. The van der Waals surface area contributed by atoms with Crippen LogP contribution in [0.15, 0.2) is 150 Å². The third-order valence-corrected chi connectivity index (χ3v) is 7.83. The predicted molar refractivity (Wildman–Crippen MR) is 165 cm³/mol. The van der Waals surface area contributed by atoms with Gasteiger partial charge in [-0.25, -0.2) is 0 Å². The number of hydrogen-bond acceptors (Lipinski definition) is 0. The minimum atomic E-state index is 1.09. The van der Waals surface area contributed by atoms with Crippen LogP contribution < -0.4 is 0 Å². The first-order chi connectivity index (χ1) is 18.7. The van der Waals surface area contributed by atoms with Crippen LogP contribution in [0.5, 0.6) is 0 Å². The van der Waals surface area contributed by atoms with E-state index in [1.165, 1.54) is 60.9 Å². The van der Waals surface area contributed by atoms with E-state index in [2.05, 4.69) is 166 Å². The summed E-state index contributed by atoms with van der Waals surface area (Å²) in [5.74, 6) is 0. The molecule has 0 aliphatic rings. The van der Waals surface area contributed by atoms with Gasteiger partial charge in [0, 0.05) is 20.9 Å². The molecule has 0 unspecified atom stereocenters. The van der Waals surface area contributed by atoms with Crippen LogP contribution in [0.2, 0.25) is 0 Å². The topological polar surface area (TPSA) is 4.93 Å². The van der Waals surface area contributed by atoms with Crippen molar-refractivity contribution in [2.24, 2.45) is 0 Å². The molecule has 0 radical (unpaired) electrons. The number of nitrogens with zero attached hydrogens (tertiary/aromatic N) is 1. The molecular weight excluding hydrogens is 526 g/mol. The fourth-order valence-corrected chi connectivity index (χ4v) is 5.63. The van der Waals surface area contributed by atoms with Crippen LogP contribution in [0.3, 0.4) is 0 Å². The van der Waals surface area contributed by atoms with Crippen molar-refractivity contribution in [1.29, 1.82) is 0 Å². The van der Waals surface area contributed by atoms with Gasteiger partial charge in [0.1, 0.15) is 0 Å². The quantitative estimate of drug-likeness (QED) is 0.205. The van der Waals surface area contributed by atoms with Gasteiger partial charge in [0.2, 0.25) is 0 Å². The Labute approximate surface area is 230 Å². The zero-order valence-electron chi connectivity index (χ0n) is 20.7. The molecule has 0 fully saturated rings. The molecule has 0 N–H and O–H groups in total. The Morgan fingerprint density at radius 1 is 0.368 bits per heavy atom. The van der Waals surface area contributed by atoms with Gasteiger partial charge in [-0.2, -0.15) is 0 Å². The van der Waals surface area contributed by atoms with Crippen molar-refractivity contribution in [3.05, 3.63) is 150 Å². The first-order valence-corrected chi connectivity index (χ1v) is 13.6. The second-order valence-corrected chi connectivity index (χ2v) is 10.5. The predicted octanol–water partition coefficient (Wildman–Crippen LogP) is 10.5. The zero-order chi connectivity index (χ0) is 25.5. The van der Waals surface area contributed by atoms with Crippen molar-refractivity contribution < 1.29 is 0 Å². The number of rotatable bonds is 4. The van der Waals surface area contributed by atoms with Crippen molar-refractivity contribution in [2.75, 3.05) is 0 Å². The SMILES string of the molecule is Brc1ccc(-c2ccc(-c3ccc4c(c3)c3ccccc3n4-c3ccc(-c4ccccc4)cc3)cc2)cc1. The van der Waals surface area contributed by atoms with E-state index in [1.807, 2.05) is 0 Å².